The van der Waals surface area contributed by atoms with Gasteiger partial charge >= 0.3 is 0 Å². The number of nitrogens with zero attached hydrogens (tertiary/aromatic N) is 2. The summed E-state index contributed by atoms with van der Waals surface area (Å²) >= 11 is 0. The summed E-state index contributed by atoms with van der Waals surface area (Å²) in [5.41, 5.74) is 1.61. The molecule has 2 aromatic carbocycles. The summed E-state index contributed by atoms with van der Waals surface area (Å²) in [7, 11) is 1.73. The van der Waals surface area contributed by atoms with E-state index in [0.29, 0.717) is 29.1 Å². The van der Waals surface area contributed by atoms with Crippen molar-refractivity contribution in [3.8, 4) is 17.1 Å². The molecule has 0 saturated heterocycles. The number of rotatable bonds is 7. The van der Waals surface area contributed by atoms with E-state index < -0.39 is 26.3 Å². The lowest BCUT2D eigenvalue weighted by molar-refractivity contribution is -0.0619. The first kappa shape index (κ1) is 35.0. The highest BCUT2D eigenvalue weighted by Crippen LogP contribution is 2.43. The minimum atomic E-state index is -4.08. The highest BCUT2D eigenvalue weighted by atomic mass is 35.5. The van der Waals surface area contributed by atoms with E-state index in [-0.39, 0.29) is 12.4 Å². The molecular weight excluding hydrogens is 593 g/mol. The van der Waals surface area contributed by atoms with Crippen molar-refractivity contribution in [2.24, 2.45) is 11.1 Å². The maximum atomic E-state index is 14.1. The predicted octanol–water partition coefficient (Wildman–Crippen LogP) is 6.54. The first-order chi connectivity index (χ1) is 19.9. The van der Waals surface area contributed by atoms with E-state index in [1.165, 1.54) is 25.0 Å². The average molecular weight is 638 g/mol. The minimum Gasteiger partial charge on any atom is -0.497 e. The van der Waals surface area contributed by atoms with Crippen LogP contribution in [0.5, 0.6) is 5.75 Å². The molecule has 3 aromatic rings. The van der Waals surface area contributed by atoms with Gasteiger partial charge in [-0.25, -0.2) is 22.9 Å². The van der Waals surface area contributed by atoms with E-state index in [2.05, 4.69) is 24.0 Å². The van der Waals surface area contributed by atoms with Crippen LogP contribution in [0.25, 0.3) is 11.3 Å². The average Bonchev–Trinajstić information content (AvgIpc) is 3.36. The summed E-state index contributed by atoms with van der Waals surface area (Å²) in [4.78, 5) is 6.13. The van der Waals surface area contributed by atoms with Crippen LogP contribution in [0.15, 0.2) is 51.8 Å². The van der Waals surface area contributed by atoms with Crippen molar-refractivity contribution < 1.29 is 27.1 Å². The largest absolute Gasteiger partial charge is 0.497 e. The third-order valence-electron chi connectivity index (χ3n) is 8.44. The Morgan fingerprint density at radius 3 is 2.42 bits per heavy atom. The van der Waals surface area contributed by atoms with Gasteiger partial charge in [-0.15, -0.1) is 12.4 Å². The molecule has 2 aliphatic carbocycles. The summed E-state index contributed by atoms with van der Waals surface area (Å²) < 4.78 is 47.7. The zero-order valence-corrected chi connectivity index (χ0v) is 27.1. The van der Waals surface area contributed by atoms with Crippen molar-refractivity contribution in [3.05, 3.63) is 65.4 Å². The van der Waals surface area contributed by atoms with E-state index in [1.54, 1.807) is 14.0 Å². The van der Waals surface area contributed by atoms with E-state index in [4.69, 9.17) is 14.3 Å². The lowest BCUT2D eigenvalue weighted by Crippen LogP contribution is -2.43. The smallest absolute Gasteiger partial charge is 0.240 e. The number of methoxy groups -OCH3 is 1. The fourth-order valence-electron chi connectivity index (χ4n) is 6.36. The predicted molar refractivity (Wildman–Crippen MR) is 168 cm³/mol. The number of aryl methyl sites for hydroxylation is 1. The molecule has 2 aliphatic rings. The first-order valence-corrected chi connectivity index (χ1v) is 16.3. The number of hydrogen-bond acceptors (Lipinski definition) is 7. The lowest BCUT2D eigenvalue weighted by Gasteiger charge is -2.41. The normalized spacial score (nSPS) is 21.1. The molecule has 0 aliphatic heterocycles. The molecule has 8 nitrogen and oxygen atoms in total. The van der Waals surface area contributed by atoms with E-state index in [0.717, 1.165) is 74.6 Å². The Kier molecular flexibility index (Phi) is 12.2. The standard InChI is InChI=1S/C16H19FN2O3S.C16H25NO2.ClH/c1-10-19-15(11-5-3-2-4-6-11)16(22-10)12-7-8-14(13(17)9-12)23(18,20)21;1-17(2)12-14-7-4-5-10-16(14,18)13-8-6-9-15(11-13)19-3;/h7-9,11H,2-6H2,1H3,(H2,18,20,21);6,8-9,11,14,18H,4-5,7,10,12H2,1-3H3;1H/t;14-,16+;/m.1./s1. The second-order valence-corrected chi connectivity index (χ2v) is 13.4. The van der Waals surface area contributed by atoms with E-state index in [1.807, 2.05) is 24.3 Å². The number of nitrogens with two attached hydrogens (primary N) is 1. The number of aliphatic hydroxyl groups is 1. The highest BCUT2D eigenvalue weighted by molar-refractivity contribution is 7.89. The molecule has 0 unspecified atom stereocenters. The van der Waals surface area contributed by atoms with Crippen LogP contribution in [0, 0.1) is 18.7 Å². The molecule has 1 heterocycles. The molecule has 0 bridgehead atoms. The van der Waals surface area contributed by atoms with Gasteiger partial charge in [-0.05, 0) is 75.7 Å². The molecule has 3 N–H and O–H groups in total. The third-order valence-corrected chi connectivity index (χ3v) is 9.39. The van der Waals surface area contributed by atoms with Crippen molar-refractivity contribution in [2.75, 3.05) is 27.7 Å². The number of ether oxygens (including phenoxy) is 1. The molecule has 2 fully saturated rings. The molecule has 238 valence electrons. The molecule has 11 heteroatoms. The number of hydrogen-bond donors (Lipinski definition) is 2. The zero-order chi connectivity index (χ0) is 30.5. The SMILES string of the molecule is COc1cccc([C@@]2(O)CCCC[C@@H]2CN(C)C)c1.Cc1nc(C2CCCCC2)c(-c2ccc(S(N)(=O)=O)c(F)c2)o1.Cl. The van der Waals surface area contributed by atoms with Gasteiger partial charge in [0.05, 0.1) is 18.4 Å². The molecule has 0 radical (unpaired) electrons. The van der Waals surface area contributed by atoms with Crippen LogP contribution in [0.3, 0.4) is 0 Å². The van der Waals surface area contributed by atoms with Crippen LogP contribution >= 0.6 is 12.4 Å². The Morgan fingerprint density at radius 2 is 1.79 bits per heavy atom. The van der Waals surface area contributed by atoms with Gasteiger partial charge in [0.15, 0.2) is 11.7 Å². The number of sulfonamides is 1. The molecular formula is C32H45ClFN3O5S. The molecule has 5 rings (SSSR count). The van der Waals surface area contributed by atoms with Gasteiger partial charge in [0.25, 0.3) is 0 Å². The van der Waals surface area contributed by atoms with Crippen LogP contribution in [-0.2, 0) is 15.6 Å². The minimum absolute atomic E-state index is 0. The molecule has 2 saturated carbocycles. The Labute approximate surface area is 261 Å². The van der Waals surface area contributed by atoms with Gasteiger partial charge in [-0.1, -0.05) is 44.2 Å². The number of halogens is 2. The third kappa shape index (κ3) is 8.57. The Hall–Kier alpha value is -2.50. The molecule has 1 aromatic heterocycles. The van der Waals surface area contributed by atoms with E-state index in [9.17, 15) is 17.9 Å². The summed E-state index contributed by atoms with van der Waals surface area (Å²) in [5, 5.41) is 16.2. The molecule has 43 heavy (non-hydrogen) atoms. The van der Waals surface area contributed by atoms with Crippen molar-refractivity contribution in [2.45, 2.75) is 81.1 Å². The maximum Gasteiger partial charge on any atom is 0.240 e. The van der Waals surface area contributed by atoms with Gasteiger partial charge < -0.3 is 19.2 Å². The fraction of sp³-hybridized carbons (Fsp3) is 0.531. The van der Waals surface area contributed by atoms with E-state index >= 15 is 0 Å². The second kappa shape index (κ2) is 15.0. The van der Waals surface area contributed by atoms with Gasteiger partial charge in [0.2, 0.25) is 10.0 Å². The van der Waals surface area contributed by atoms with Crippen LogP contribution in [0.2, 0.25) is 0 Å². The summed E-state index contributed by atoms with van der Waals surface area (Å²) in [6.07, 6.45) is 9.84. The molecule has 0 amide bonds. The highest BCUT2D eigenvalue weighted by Gasteiger charge is 2.40. The number of aromatic nitrogens is 1. The summed E-state index contributed by atoms with van der Waals surface area (Å²) in [6, 6.07) is 11.7. The number of oxazole rings is 1. The van der Waals surface area contributed by atoms with Crippen LogP contribution in [0.1, 0.15) is 80.9 Å². The van der Waals surface area contributed by atoms with Crippen LogP contribution in [0.4, 0.5) is 4.39 Å². The lowest BCUT2D eigenvalue weighted by atomic mass is 9.71. The summed E-state index contributed by atoms with van der Waals surface area (Å²) in [6.45, 7) is 2.68. The zero-order valence-electron chi connectivity index (χ0n) is 25.5. The van der Waals surface area contributed by atoms with Gasteiger partial charge in [0, 0.05) is 30.9 Å². The number of primary sulfonamides is 1. The monoisotopic (exact) mass is 637 g/mol. The Bertz CT molecular complexity index is 1460. The fourth-order valence-corrected chi connectivity index (χ4v) is 6.95. The van der Waals surface area contributed by atoms with Crippen molar-refractivity contribution in [1.29, 1.82) is 0 Å². The second-order valence-electron chi connectivity index (χ2n) is 11.8. The van der Waals surface area contributed by atoms with Crippen LogP contribution in [-0.4, -0.2) is 51.2 Å². The summed E-state index contributed by atoms with van der Waals surface area (Å²) in [5.74, 6) is 1.58. The van der Waals surface area contributed by atoms with Gasteiger partial charge in [-0.3, -0.25) is 0 Å². The van der Waals surface area contributed by atoms with Gasteiger partial charge in [-0.2, -0.15) is 0 Å². The Morgan fingerprint density at radius 1 is 1.09 bits per heavy atom. The van der Waals surface area contributed by atoms with Gasteiger partial charge in [0.1, 0.15) is 16.5 Å². The molecule has 2 atom stereocenters. The quantitative estimate of drug-likeness (QED) is 0.302. The van der Waals surface area contributed by atoms with Crippen molar-refractivity contribution >= 4 is 22.4 Å². The van der Waals surface area contributed by atoms with Crippen molar-refractivity contribution in [1.82, 2.24) is 9.88 Å². The topological polar surface area (TPSA) is 119 Å². The first-order valence-electron chi connectivity index (χ1n) is 14.7. The van der Waals surface area contributed by atoms with Crippen molar-refractivity contribution in [3.63, 3.8) is 0 Å². The maximum absolute atomic E-state index is 14.1. The van der Waals surface area contributed by atoms with Crippen LogP contribution < -0.4 is 9.88 Å². The Balaban J connectivity index is 0.000000234. The molecule has 0 spiro atoms. The number of benzene rings is 2.